The molecule has 0 aliphatic rings. The number of carbonyl (C=O) groups is 1. The third kappa shape index (κ3) is 3.57. The van der Waals surface area contributed by atoms with Gasteiger partial charge in [-0.2, -0.15) is 0 Å². The number of nitrogens with zero attached hydrogens (tertiary/aromatic N) is 2. The molecule has 1 amide bonds. The zero-order chi connectivity index (χ0) is 12.3. The zero-order valence-electron chi connectivity index (χ0n) is 10.3. The third-order valence-electron chi connectivity index (χ3n) is 2.50. The van der Waals surface area contributed by atoms with E-state index in [-0.39, 0.29) is 18.5 Å². The van der Waals surface area contributed by atoms with Crippen LogP contribution in [0.25, 0.3) is 0 Å². The van der Waals surface area contributed by atoms with Crippen LogP contribution >= 0.6 is 11.3 Å². The monoisotopic (exact) mass is 241 g/mol. The average molecular weight is 241 g/mol. The van der Waals surface area contributed by atoms with Crippen LogP contribution in [-0.4, -0.2) is 28.4 Å². The molecular weight excluding hydrogens is 222 g/mol. The topological polar surface area (TPSA) is 59.2 Å². The van der Waals surface area contributed by atoms with Gasteiger partial charge in [-0.3, -0.25) is 9.69 Å². The summed E-state index contributed by atoms with van der Waals surface area (Å²) in [6.07, 6.45) is 0. The molecule has 0 fully saturated rings. The molecule has 1 aromatic heterocycles. The molecule has 16 heavy (non-hydrogen) atoms. The lowest BCUT2D eigenvalue weighted by molar-refractivity contribution is -0.119. The Hall–Kier alpha value is -0.940. The summed E-state index contributed by atoms with van der Waals surface area (Å²) >= 11 is 1.68. The molecule has 0 spiro atoms. The van der Waals surface area contributed by atoms with E-state index in [1.54, 1.807) is 11.3 Å². The standard InChI is InChI=1S/C11H19N3OS/c1-7(2)14(5-10(12)15)6-11-13-8(3)9(4)16-11/h7H,5-6H2,1-4H3,(H2,12,15). The van der Waals surface area contributed by atoms with E-state index in [0.717, 1.165) is 10.7 Å². The molecule has 0 aliphatic heterocycles. The predicted octanol–water partition coefficient (Wildman–Crippen LogP) is 1.46. The van der Waals surface area contributed by atoms with Crippen LogP contribution in [0.4, 0.5) is 0 Å². The lowest BCUT2D eigenvalue weighted by Crippen LogP contribution is -2.37. The number of hydrogen-bond acceptors (Lipinski definition) is 4. The van der Waals surface area contributed by atoms with Gasteiger partial charge in [0.05, 0.1) is 18.8 Å². The highest BCUT2D eigenvalue weighted by Crippen LogP contribution is 2.18. The van der Waals surface area contributed by atoms with Crippen molar-refractivity contribution in [3.05, 3.63) is 15.6 Å². The van der Waals surface area contributed by atoms with E-state index in [0.29, 0.717) is 6.54 Å². The quantitative estimate of drug-likeness (QED) is 0.849. The number of rotatable bonds is 5. The molecule has 2 N–H and O–H groups in total. The van der Waals surface area contributed by atoms with Gasteiger partial charge in [0, 0.05) is 10.9 Å². The van der Waals surface area contributed by atoms with Crippen LogP contribution < -0.4 is 5.73 Å². The van der Waals surface area contributed by atoms with Gasteiger partial charge in [-0.1, -0.05) is 0 Å². The maximum absolute atomic E-state index is 10.9. The summed E-state index contributed by atoms with van der Waals surface area (Å²) in [5.41, 5.74) is 6.29. The van der Waals surface area contributed by atoms with Gasteiger partial charge >= 0.3 is 0 Å². The number of hydrogen-bond donors (Lipinski definition) is 1. The molecule has 0 saturated carbocycles. The second kappa shape index (κ2) is 5.41. The Kier molecular flexibility index (Phi) is 4.44. The smallest absolute Gasteiger partial charge is 0.231 e. The largest absolute Gasteiger partial charge is 0.369 e. The summed E-state index contributed by atoms with van der Waals surface area (Å²) in [5.74, 6) is -0.293. The van der Waals surface area contributed by atoms with Crippen LogP contribution in [0, 0.1) is 13.8 Å². The highest BCUT2D eigenvalue weighted by molar-refractivity contribution is 7.11. The predicted molar refractivity (Wildman–Crippen MR) is 66.3 cm³/mol. The molecule has 0 bridgehead atoms. The maximum Gasteiger partial charge on any atom is 0.231 e. The van der Waals surface area contributed by atoms with Crippen LogP contribution in [0.1, 0.15) is 29.4 Å². The normalized spacial score (nSPS) is 11.4. The van der Waals surface area contributed by atoms with Gasteiger partial charge < -0.3 is 5.73 Å². The van der Waals surface area contributed by atoms with Crippen molar-refractivity contribution in [3.8, 4) is 0 Å². The lowest BCUT2D eigenvalue weighted by atomic mass is 10.3. The Morgan fingerprint density at radius 1 is 1.50 bits per heavy atom. The van der Waals surface area contributed by atoms with Crippen molar-refractivity contribution < 1.29 is 4.79 Å². The first-order valence-corrected chi connectivity index (χ1v) is 6.17. The molecule has 1 aromatic rings. The average Bonchev–Trinajstić information content (AvgIpc) is 2.44. The van der Waals surface area contributed by atoms with E-state index in [2.05, 4.69) is 25.8 Å². The van der Waals surface area contributed by atoms with Crippen molar-refractivity contribution >= 4 is 17.2 Å². The van der Waals surface area contributed by atoms with Gasteiger partial charge in [-0.05, 0) is 27.7 Å². The Balaban J connectivity index is 2.71. The van der Waals surface area contributed by atoms with Gasteiger partial charge in [0.15, 0.2) is 0 Å². The van der Waals surface area contributed by atoms with Crippen LogP contribution in [0.2, 0.25) is 0 Å². The summed E-state index contributed by atoms with van der Waals surface area (Å²) in [4.78, 5) is 18.7. The first-order chi connectivity index (χ1) is 7.40. The van der Waals surface area contributed by atoms with Gasteiger partial charge in [-0.25, -0.2) is 4.98 Å². The second-order valence-corrected chi connectivity index (χ2v) is 5.50. The summed E-state index contributed by atoms with van der Waals surface area (Å²) in [6.45, 7) is 9.15. The summed E-state index contributed by atoms with van der Waals surface area (Å²) in [7, 11) is 0. The minimum absolute atomic E-state index is 0.287. The SMILES string of the molecule is Cc1nc(CN(CC(N)=O)C(C)C)sc1C. The van der Waals surface area contributed by atoms with E-state index in [4.69, 9.17) is 5.73 Å². The van der Waals surface area contributed by atoms with Crippen molar-refractivity contribution in [2.75, 3.05) is 6.54 Å². The number of thiazole rings is 1. The first kappa shape index (κ1) is 13.1. The molecule has 0 aromatic carbocycles. The van der Waals surface area contributed by atoms with Crippen LogP contribution in [-0.2, 0) is 11.3 Å². The number of aromatic nitrogens is 1. The fourth-order valence-electron chi connectivity index (χ4n) is 1.40. The van der Waals surface area contributed by atoms with E-state index in [1.807, 2.05) is 11.8 Å². The molecule has 90 valence electrons. The third-order valence-corrected chi connectivity index (χ3v) is 3.56. The van der Waals surface area contributed by atoms with Crippen molar-refractivity contribution in [2.45, 2.75) is 40.3 Å². The highest BCUT2D eigenvalue weighted by atomic mass is 32.1. The molecule has 1 rings (SSSR count). The fourth-order valence-corrected chi connectivity index (χ4v) is 2.36. The molecule has 0 atom stereocenters. The second-order valence-electron chi connectivity index (χ2n) is 4.21. The van der Waals surface area contributed by atoms with Gasteiger partial charge in [-0.15, -0.1) is 11.3 Å². The van der Waals surface area contributed by atoms with Crippen LogP contribution in [0.15, 0.2) is 0 Å². The Bertz CT molecular complexity index is 354. The van der Waals surface area contributed by atoms with Crippen LogP contribution in [0.3, 0.4) is 0 Å². The molecule has 1 heterocycles. The van der Waals surface area contributed by atoms with E-state index < -0.39 is 0 Å². The highest BCUT2D eigenvalue weighted by Gasteiger charge is 2.15. The maximum atomic E-state index is 10.9. The van der Waals surface area contributed by atoms with Gasteiger partial charge in [0.1, 0.15) is 5.01 Å². The number of primary amides is 1. The molecule has 5 heteroatoms. The summed E-state index contributed by atoms with van der Waals surface area (Å²) in [5, 5.41) is 1.05. The number of nitrogens with two attached hydrogens (primary N) is 1. The summed E-state index contributed by atoms with van der Waals surface area (Å²) < 4.78 is 0. The van der Waals surface area contributed by atoms with Crippen LogP contribution in [0.5, 0.6) is 0 Å². The Labute approximate surface area is 100 Å². The minimum atomic E-state index is -0.293. The molecule has 0 aliphatic carbocycles. The number of amides is 1. The minimum Gasteiger partial charge on any atom is -0.369 e. The van der Waals surface area contributed by atoms with E-state index in [9.17, 15) is 4.79 Å². The van der Waals surface area contributed by atoms with E-state index >= 15 is 0 Å². The lowest BCUT2D eigenvalue weighted by Gasteiger charge is -2.23. The van der Waals surface area contributed by atoms with Crippen molar-refractivity contribution in [3.63, 3.8) is 0 Å². The molecule has 0 radical (unpaired) electrons. The molecular formula is C11H19N3OS. The molecule has 4 nitrogen and oxygen atoms in total. The van der Waals surface area contributed by atoms with Crippen molar-refractivity contribution in [1.29, 1.82) is 0 Å². The van der Waals surface area contributed by atoms with Gasteiger partial charge in [0.2, 0.25) is 5.91 Å². The van der Waals surface area contributed by atoms with Gasteiger partial charge in [0.25, 0.3) is 0 Å². The first-order valence-electron chi connectivity index (χ1n) is 5.35. The molecule has 0 saturated heterocycles. The number of carbonyl (C=O) groups excluding carboxylic acids is 1. The zero-order valence-corrected chi connectivity index (χ0v) is 11.1. The van der Waals surface area contributed by atoms with Crippen molar-refractivity contribution in [2.24, 2.45) is 5.73 Å². The number of aryl methyl sites for hydroxylation is 2. The Morgan fingerprint density at radius 3 is 2.50 bits per heavy atom. The Morgan fingerprint density at radius 2 is 2.12 bits per heavy atom. The molecule has 0 unspecified atom stereocenters. The van der Waals surface area contributed by atoms with Crippen molar-refractivity contribution in [1.82, 2.24) is 9.88 Å². The van der Waals surface area contributed by atoms with E-state index in [1.165, 1.54) is 4.88 Å². The summed E-state index contributed by atoms with van der Waals surface area (Å²) in [6, 6.07) is 0.289. The fraction of sp³-hybridized carbons (Fsp3) is 0.636.